The first-order chi connectivity index (χ1) is 13.7. The number of anilines is 1. The Kier molecular flexibility index (Phi) is 4.44. The molecule has 0 bridgehead atoms. The maximum absolute atomic E-state index is 15.4. The van der Waals surface area contributed by atoms with Crippen molar-refractivity contribution in [3.63, 3.8) is 0 Å². The fourth-order valence-corrected chi connectivity index (χ4v) is 3.22. The van der Waals surface area contributed by atoms with E-state index >= 15 is 4.39 Å². The quantitative estimate of drug-likeness (QED) is 0.658. The smallest absolute Gasteiger partial charge is 0.316 e. The van der Waals surface area contributed by atoms with Crippen LogP contribution in [0.25, 0.3) is 22.2 Å². The van der Waals surface area contributed by atoms with E-state index in [1.165, 1.54) is 13.3 Å². The molecular formula is C19H16F4N4O2. The number of hydrogen-bond acceptors (Lipinski definition) is 6. The van der Waals surface area contributed by atoms with Gasteiger partial charge in [-0.25, -0.2) is 27.5 Å². The third-order valence-corrected chi connectivity index (χ3v) is 4.81. The van der Waals surface area contributed by atoms with Crippen molar-refractivity contribution in [3.8, 4) is 23.0 Å². The van der Waals surface area contributed by atoms with Gasteiger partial charge in [0, 0.05) is 31.8 Å². The third-order valence-electron chi connectivity index (χ3n) is 4.81. The molecule has 2 aromatic heterocycles. The predicted molar refractivity (Wildman–Crippen MR) is 97.3 cm³/mol. The fourth-order valence-electron chi connectivity index (χ4n) is 3.22. The molecule has 29 heavy (non-hydrogen) atoms. The molecule has 1 aliphatic heterocycles. The summed E-state index contributed by atoms with van der Waals surface area (Å²) in [6.45, 7) is 1.78. The molecule has 1 saturated heterocycles. The molecule has 6 nitrogen and oxygen atoms in total. The minimum atomic E-state index is -3.51. The van der Waals surface area contributed by atoms with Crippen LogP contribution in [0.4, 0.5) is 23.4 Å². The van der Waals surface area contributed by atoms with Gasteiger partial charge >= 0.3 is 6.01 Å². The minimum Gasteiger partial charge on any atom is -0.505 e. The summed E-state index contributed by atoms with van der Waals surface area (Å²) in [6, 6.07) is 1.51. The van der Waals surface area contributed by atoms with Crippen LogP contribution >= 0.6 is 0 Å². The molecule has 4 rings (SSSR count). The maximum atomic E-state index is 15.4. The van der Waals surface area contributed by atoms with Gasteiger partial charge in [0.05, 0.1) is 18.1 Å². The molecule has 0 amide bonds. The van der Waals surface area contributed by atoms with Crippen LogP contribution in [0, 0.1) is 11.6 Å². The van der Waals surface area contributed by atoms with Crippen LogP contribution in [-0.4, -0.2) is 40.3 Å². The van der Waals surface area contributed by atoms with Crippen molar-refractivity contribution in [1.82, 2.24) is 15.0 Å². The molecule has 1 fully saturated rings. The molecule has 3 heterocycles. The molecule has 0 spiro atoms. The number of ether oxygens (including phenoxy) is 1. The summed E-state index contributed by atoms with van der Waals surface area (Å²) >= 11 is 0. The zero-order valence-electron chi connectivity index (χ0n) is 15.5. The van der Waals surface area contributed by atoms with E-state index in [0.717, 1.165) is 18.6 Å². The second kappa shape index (κ2) is 6.71. The molecule has 3 aromatic rings. The number of aromatic hydroxyl groups is 1. The van der Waals surface area contributed by atoms with Gasteiger partial charge in [-0.2, -0.15) is 4.98 Å². The summed E-state index contributed by atoms with van der Waals surface area (Å²) in [7, 11) is 1.29. The first kappa shape index (κ1) is 19.2. The molecule has 1 N–H and O–H groups in total. The van der Waals surface area contributed by atoms with E-state index in [9.17, 15) is 18.3 Å². The van der Waals surface area contributed by atoms with Crippen LogP contribution < -0.4 is 9.64 Å². The van der Waals surface area contributed by atoms with Gasteiger partial charge < -0.3 is 14.7 Å². The van der Waals surface area contributed by atoms with E-state index in [-0.39, 0.29) is 22.7 Å². The lowest BCUT2D eigenvalue weighted by Gasteiger charge is -2.33. The first-order valence-electron chi connectivity index (χ1n) is 8.77. The molecule has 1 aromatic carbocycles. The second-order valence-electron chi connectivity index (χ2n) is 6.77. The molecule has 0 saturated carbocycles. The molecule has 152 valence electrons. The lowest BCUT2D eigenvalue weighted by molar-refractivity contribution is 0.0177. The first-order valence-corrected chi connectivity index (χ1v) is 8.77. The molecule has 0 atom stereocenters. The average Bonchev–Trinajstić information content (AvgIpc) is 2.63. The van der Waals surface area contributed by atoms with E-state index in [4.69, 9.17) is 4.74 Å². The van der Waals surface area contributed by atoms with Gasteiger partial charge in [-0.1, -0.05) is 0 Å². The summed E-state index contributed by atoms with van der Waals surface area (Å²) in [5, 5.41) is 9.99. The average molecular weight is 408 g/mol. The second-order valence-corrected chi connectivity index (χ2v) is 6.77. The molecule has 0 radical (unpaired) electrons. The highest BCUT2D eigenvalue weighted by atomic mass is 19.3. The zero-order chi connectivity index (χ0) is 20.9. The number of nitrogens with zero attached hydrogens (tertiary/aromatic N) is 4. The van der Waals surface area contributed by atoms with E-state index in [1.54, 1.807) is 4.90 Å². The van der Waals surface area contributed by atoms with Crippen LogP contribution in [-0.2, 0) is 5.92 Å². The van der Waals surface area contributed by atoms with Gasteiger partial charge in [0.15, 0.2) is 17.4 Å². The largest absolute Gasteiger partial charge is 0.505 e. The standard InChI is InChI=1S/C19H16F4N4O2/c1-19(22,23)10-4-5-11(28)13(20)12(10)16-14(21)15-9(8-24-18(26-15)29-2)17(25-16)27-6-3-7-27/h4-5,8,28H,3,6-7H2,1-2H3. The molecule has 10 heteroatoms. The van der Waals surface area contributed by atoms with Crippen LogP contribution in [0.1, 0.15) is 18.9 Å². The summed E-state index contributed by atoms with van der Waals surface area (Å²) in [4.78, 5) is 13.9. The summed E-state index contributed by atoms with van der Waals surface area (Å²) in [5.41, 5.74) is -2.51. The van der Waals surface area contributed by atoms with Crippen molar-refractivity contribution in [2.45, 2.75) is 19.3 Å². The number of halogens is 4. The Labute approximate surface area is 162 Å². The highest BCUT2D eigenvalue weighted by Gasteiger charge is 2.34. The highest BCUT2D eigenvalue weighted by molar-refractivity contribution is 5.93. The van der Waals surface area contributed by atoms with Crippen molar-refractivity contribution in [1.29, 1.82) is 0 Å². The van der Waals surface area contributed by atoms with Gasteiger partial charge in [-0.15, -0.1) is 0 Å². The van der Waals surface area contributed by atoms with Crippen molar-refractivity contribution >= 4 is 16.7 Å². The van der Waals surface area contributed by atoms with E-state index in [0.29, 0.717) is 20.0 Å². The maximum Gasteiger partial charge on any atom is 0.316 e. The predicted octanol–water partition coefficient (Wildman–Crippen LogP) is 4.01. The minimum absolute atomic E-state index is 0.138. The Morgan fingerprint density at radius 1 is 1.14 bits per heavy atom. The van der Waals surface area contributed by atoms with E-state index in [1.807, 2.05) is 0 Å². The Balaban J connectivity index is 2.10. The Bertz CT molecular complexity index is 1110. The number of hydrogen-bond donors (Lipinski definition) is 1. The number of methoxy groups -OCH3 is 1. The van der Waals surface area contributed by atoms with Crippen molar-refractivity contribution in [3.05, 3.63) is 35.5 Å². The molecule has 1 aliphatic rings. The van der Waals surface area contributed by atoms with Crippen molar-refractivity contribution in [2.24, 2.45) is 0 Å². The summed E-state index contributed by atoms with van der Waals surface area (Å²) in [6.07, 6.45) is 2.19. The number of pyridine rings is 1. The lowest BCUT2D eigenvalue weighted by Crippen LogP contribution is -2.38. The Hall–Kier alpha value is -3.17. The van der Waals surface area contributed by atoms with E-state index < -0.39 is 40.1 Å². The van der Waals surface area contributed by atoms with Gasteiger partial charge in [0.25, 0.3) is 5.92 Å². The Morgan fingerprint density at radius 3 is 2.45 bits per heavy atom. The number of phenolic OH excluding ortho intramolecular Hbond substituents is 1. The lowest BCUT2D eigenvalue weighted by atomic mass is 9.97. The van der Waals surface area contributed by atoms with E-state index in [2.05, 4.69) is 15.0 Å². The zero-order valence-corrected chi connectivity index (χ0v) is 15.5. The summed E-state index contributed by atoms with van der Waals surface area (Å²) in [5.74, 6) is -6.64. The number of rotatable bonds is 4. The monoisotopic (exact) mass is 408 g/mol. The number of aromatic nitrogens is 3. The van der Waals surface area contributed by atoms with Gasteiger partial charge in [-0.3, -0.25) is 0 Å². The molecule has 0 aliphatic carbocycles. The SMILES string of the molecule is COc1ncc2c(N3CCC3)nc(-c3c(C(C)(F)F)ccc(O)c3F)c(F)c2n1. The topological polar surface area (TPSA) is 71.4 Å². The van der Waals surface area contributed by atoms with Gasteiger partial charge in [0.2, 0.25) is 0 Å². The molecular weight excluding hydrogens is 392 g/mol. The Morgan fingerprint density at radius 2 is 1.86 bits per heavy atom. The molecule has 0 unspecified atom stereocenters. The highest BCUT2D eigenvalue weighted by Crippen LogP contribution is 2.42. The van der Waals surface area contributed by atoms with Gasteiger partial charge in [0.1, 0.15) is 17.0 Å². The summed E-state index contributed by atoms with van der Waals surface area (Å²) < 4.78 is 63.4. The van der Waals surface area contributed by atoms with Gasteiger partial charge in [-0.05, 0) is 18.6 Å². The fraction of sp³-hybridized carbons (Fsp3) is 0.316. The van der Waals surface area contributed by atoms with Crippen LogP contribution in [0.15, 0.2) is 18.3 Å². The van der Waals surface area contributed by atoms with Crippen LogP contribution in [0.3, 0.4) is 0 Å². The third kappa shape index (κ3) is 3.08. The van der Waals surface area contributed by atoms with Crippen LogP contribution in [0.5, 0.6) is 11.8 Å². The number of fused-ring (bicyclic) bond motifs is 1. The van der Waals surface area contributed by atoms with Crippen molar-refractivity contribution in [2.75, 3.05) is 25.1 Å². The van der Waals surface area contributed by atoms with Crippen LogP contribution in [0.2, 0.25) is 0 Å². The van der Waals surface area contributed by atoms with Crippen molar-refractivity contribution < 1.29 is 27.4 Å². The number of benzene rings is 1. The normalized spacial score (nSPS) is 14.2. The number of alkyl halides is 2. The number of phenols is 1.